The first kappa shape index (κ1) is 15.6. The predicted molar refractivity (Wildman–Crippen MR) is 83.0 cm³/mol. The third-order valence-corrected chi connectivity index (χ3v) is 3.64. The van der Waals surface area contributed by atoms with E-state index in [-0.39, 0.29) is 12.5 Å². The van der Waals surface area contributed by atoms with E-state index in [1.807, 2.05) is 29.2 Å². The highest BCUT2D eigenvalue weighted by atomic mass is 16.2. The number of amides is 1. The summed E-state index contributed by atoms with van der Waals surface area (Å²) in [5, 5.41) is 8.66. The van der Waals surface area contributed by atoms with E-state index < -0.39 is 0 Å². The number of piperazine rings is 1. The Morgan fingerprint density at radius 3 is 2.43 bits per heavy atom. The molecule has 1 amide bonds. The molecule has 0 radical (unpaired) electrons. The van der Waals surface area contributed by atoms with Crippen molar-refractivity contribution in [3.05, 3.63) is 35.4 Å². The number of hydrogen-bond donors (Lipinski definition) is 1. The molecule has 4 heteroatoms. The molecule has 1 aliphatic heterocycles. The summed E-state index contributed by atoms with van der Waals surface area (Å²) in [5.41, 5.74) is 1.52. The van der Waals surface area contributed by atoms with Crippen LogP contribution in [0.1, 0.15) is 29.3 Å². The number of benzene rings is 1. The molecule has 1 aliphatic rings. The van der Waals surface area contributed by atoms with Crippen molar-refractivity contribution < 1.29 is 9.90 Å². The van der Waals surface area contributed by atoms with E-state index in [0.717, 1.165) is 44.7 Å². The number of rotatable bonds is 3. The molecule has 1 aromatic rings. The molecule has 112 valence electrons. The van der Waals surface area contributed by atoms with Crippen molar-refractivity contribution in [2.45, 2.75) is 13.3 Å². The number of aliphatic hydroxyl groups is 1. The maximum atomic E-state index is 12.4. The quantitative estimate of drug-likeness (QED) is 0.849. The Morgan fingerprint density at radius 2 is 1.86 bits per heavy atom. The van der Waals surface area contributed by atoms with Gasteiger partial charge in [-0.1, -0.05) is 18.8 Å². The van der Waals surface area contributed by atoms with Crippen LogP contribution in [0.4, 0.5) is 0 Å². The molecule has 0 bridgehead atoms. The third kappa shape index (κ3) is 4.32. The standard InChI is InChI=1S/C17H22N2O2/c1-2-9-18-10-12-19(13-11-18)17(21)16-7-5-15(6-8-16)4-3-14-20/h5-8,20H,2,9-14H2,1H3. The minimum atomic E-state index is -0.150. The summed E-state index contributed by atoms with van der Waals surface area (Å²) in [6.45, 7) is 6.65. The van der Waals surface area contributed by atoms with Crippen molar-refractivity contribution in [1.82, 2.24) is 9.80 Å². The summed E-state index contributed by atoms with van der Waals surface area (Å²) in [7, 11) is 0. The van der Waals surface area contributed by atoms with Gasteiger partial charge in [0.1, 0.15) is 6.61 Å². The van der Waals surface area contributed by atoms with Gasteiger partial charge in [-0.3, -0.25) is 9.69 Å². The van der Waals surface area contributed by atoms with Crippen molar-refractivity contribution in [2.75, 3.05) is 39.3 Å². The fraction of sp³-hybridized carbons (Fsp3) is 0.471. The fourth-order valence-electron chi connectivity index (χ4n) is 2.51. The Hall–Kier alpha value is -1.83. The first-order valence-corrected chi connectivity index (χ1v) is 7.46. The van der Waals surface area contributed by atoms with Crippen LogP contribution in [0, 0.1) is 11.8 Å². The minimum absolute atomic E-state index is 0.0906. The lowest BCUT2D eigenvalue weighted by atomic mass is 10.1. The lowest BCUT2D eigenvalue weighted by Gasteiger charge is -2.34. The van der Waals surface area contributed by atoms with Gasteiger partial charge in [0.25, 0.3) is 5.91 Å². The summed E-state index contributed by atoms with van der Waals surface area (Å²) in [5.74, 6) is 5.52. The Bertz CT molecular complexity index is 520. The van der Waals surface area contributed by atoms with E-state index in [9.17, 15) is 4.79 Å². The van der Waals surface area contributed by atoms with Crippen LogP contribution in [-0.2, 0) is 0 Å². The predicted octanol–water partition coefficient (Wildman–Crippen LogP) is 1.20. The molecule has 1 heterocycles. The molecule has 0 unspecified atom stereocenters. The Balaban J connectivity index is 1.94. The molecule has 0 saturated carbocycles. The Labute approximate surface area is 126 Å². The van der Waals surface area contributed by atoms with Crippen molar-refractivity contribution in [1.29, 1.82) is 0 Å². The number of carbonyl (C=O) groups is 1. The van der Waals surface area contributed by atoms with E-state index in [0.29, 0.717) is 5.56 Å². The molecule has 4 nitrogen and oxygen atoms in total. The van der Waals surface area contributed by atoms with E-state index in [2.05, 4.69) is 23.7 Å². The zero-order valence-corrected chi connectivity index (χ0v) is 12.5. The lowest BCUT2D eigenvalue weighted by Crippen LogP contribution is -2.48. The topological polar surface area (TPSA) is 43.8 Å². The van der Waals surface area contributed by atoms with Crippen LogP contribution < -0.4 is 0 Å². The molecular formula is C17H22N2O2. The summed E-state index contributed by atoms with van der Waals surface area (Å²) >= 11 is 0. The molecule has 1 fully saturated rings. The van der Waals surface area contributed by atoms with Gasteiger partial charge in [-0.25, -0.2) is 0 Å². The maximum Gasteiger partial charge on any atom is 0.253 e. The van der Waals surface area contributed by atoms with Gasteiger partial charge in [0.15, 0.2) is 0 Å². The molecule has 1 N–H and O–H groups in total. The van der Waals surface area contributed by atoms with Crippen molar-refractivity contribution in [2.24, 2.45) is 0 Å². The van der Waals surface area contributed by atoms with Crippen LogP contribution in [-0.4, -0.2) is 60.1 Å². The molecule has 21 heavy (non-hydrogen) atoms. The monoisotopic (exact) mass is 286 g/mol. The first-order valence-electron chi connectivity index (χ1n) is 7.46. The molecule has 0 spiro atoms. The average molecular weight is 286 g/mol. The highest BCUT2D eigenvalue weighted by Crippen LogP contribution is 2.10. The zero-order valence-electron chi connectivity index (χ0n) is 12.5. The smallest absolute Gasteiger partial charge is 0.253 e. The Kier molecular flexibility index (Phi) is 5.79. The van der Waals surface area contributed by atoms with Crippen LogP contribution in [0.3, 0.4) is 0 Å². The lowest BCUT2D eigenvalue weighted by molar-refractivity contribution is 0.0637. The van der Waals surface area contributed by atoms with Gasteiger partial charge in [0, 0.05) is 37.3 Å². The van der Waals surface area contributed by atoms with E-state index >= 15 is 0 Å². The van der Waals surface area contributed by atoms with Crippen molar-refractivity contribution in [3.63, 3.8) is 0 Å². The van der Waals surface area contributed by atoms with Gasteiger partial charge >= 0.3 is 0 Å². The highest BCUT2D eigenvalue weighted by Gasteiger charge is 2.21. The van der Waals surface area contributed by atoms with Gasteiger partial charge in [-0.05, 0) is 37.2 Å². The van der Waals surface area contributed by atoms with Crippen LogP contribution in [0.25, 0.3) is 0 Å². The van der Waals surface area contributed by atoms with E-state index in [4.69, 9.17) is 5.11 Å². The summed E-state index contributed by atoms with van der Waals surface area (Å²) < 4.78 is 0. The fourth-order valence-corrected chi connectivity index (χ4v) is 2.51. The minimum Gasteiger partial charge on any atom is -0.384 e. The highest BCUT2D eigenvalue weighted by molar-refractivity contribution is 5.94. The number of nitrogens with zero attached hydrogens (tertiary/aromatic N) is 2. The third-order valence-electron chi connectivity index (χ3n) is 3.64. The summed E-state index contributed by atoms with van der Waals surface area (Å²) in [4.78, 5) is 16.7. The van der Waals surface area contributed by atoms with Gasteiger partial charge in [0.2, 0.25) is 0 Å². The molecule has 0 aromatic heterocycles. The second-order valence-corrected chi connectivity index (χ2v) is 5.17. The van der Waals surface area contributed by atoms with Crippen molar-refractivity contribution in [3.8, 4) is 11.8 Å². The molecule has 1 aromatic carbocycles. The molecule has 1 saturated heterocycles. The number of aliphatic hydroxyl groups excluding tert-OH is 1. The molecule has 0 aliphatic carbocycles. The van der Waals surface area contributed by atoms with Crippen LogP contribution in [0.15, 0.2) is 24.3 Å². The largest absolute Gasteiger partial charge is 0.384 e. The molecule has 0 atom stereocenters. The number of carbonyl (C=O) groups excluding carboxylic acids is 1. The number of hydrogen-bond acceptors (Lipinski definition) is 3. The normalized spacial score (nSPS) is 15.4. The second-order valence-electron chi connectivity index (χ2n) is 5.17. The van der Waals surface area contributed by atoms with E-state index in [1.54, 1.807) is 0 Å². The van der Waals surface area contributed by atoms with Crippen LogP contribution >= 0.6 is 0 Å². The summed E-state index contributed by atoms with van der Waals surface area (Å²) in [6.07, 6.45) is 1.16. The van der Waals surface area contributed by atoms with Crippen molar-refractivity contribution >= 4 is 5.91 Å². The van der Waals surface area contributed by atoms with Crippen LogP contribution in [0.5, 0.6) is 0 Å². The van der Waals surface area contributed by atoms with Gasteiger partial charge in [0.05, 0.1) is 0 Å². The SMILES string of the molecule is CCCN1CCN(C(=O)c2ccc(C#CCO)cc2)CC1. The summed E-state index contributed by atoms with van der Waals surface area (Å²) in [6, 6.07) is 7.26. The average Bonchev–Trinajstić information content (AvgIpc) is 2.54. The van der Waals surface area contributed by atoms with Crippen LogP contribution in [0.2, 0.25) is 0 Å². The molecular weight excluding hydrogens is 264 g/mol. The maximum absolute atomic E-state index is 12.4. The van der Waals surface area contributed by atoms with Gasteiger partial charge < -0.3 is 10.0 Å². The second kappa shape index (κ2) is 7.82. The van der Waals surface area contributed by atoms with E-state index in [1.165, 1.54) is 0 Å². The zero-order chi connectivity index (χ0) is 15.1. The first-order chi connectivity index (χ1) is 10.2. The Morgan fingerprint density at radius 1 is 1.19 bits per heavy atom. The van der Waals surface area contributed by atoms with Gasteiger partial charge in [-0.2, -0.15) is 0 Å². The molecule has 2 rings (SSSR count). The van der Waals surface area contributed by atoms with Gasteiger partial charge in [-0.15, -0.1) is 0 Å².